The Hall–Kier alpha value is -1.09. The predicted molar refractivity (Wildman–Crippen MR) is 78.2 cm³/mol. The summed E-state index contributed by atoms with van der Waals surface area (Å²) in [6.07, 6.45) is 0. The van der Waals surface area contributed by atoms with Crippen molar-refractivity contribution in [1.82, 2.24) is 0 Å². The van der Waals surface area contributed by atoms with Crippen molar-refractivity contribution in [3.05, 3.63) is 60.7 Å². The Balaban J connectivity index is 0.00000200. The minimum Gasteiger partial charge on any atom is -0.371 e. The minimum atomic E-state index is -4.79. The van der Waals surface area contributed by atoms with Gasteiger partial charge in [-0.15, -0.1) is 0 Å². The summed E-state index contributed by atoms with van der Waals surface area (Å²) in [5.74, 6) is -0.0537. The first kappa shape index (κ1) is 17.0. The highest BCUT2D eigenvalue weighted by Gasteiger charge is 2.34. The molecule has 2 aromatic carbocycles. The highest BCUT2D eigenvalue weighted by molar-refractivity contribution is 8.65. The van der Waals surface area contributed by atoms with Crippen molar-refractivity contribution in [3.8, 4) is 5.75 Å². The fraction of sp³-hybridized carbons (Fsp3) is 0. The molecule has 8 heteroatoms. The SMILES string of the molecule is O=S(=O)(Oc1ccccc1)S(=O)(=O)c1ccccc1.[MgH2]. The van der Waals surface area contributed by atoms with Crippen molar-refractivity contribution < 1.29 is 21.0 Å². The molecule has 2 aromatic rings. The van der Waals surface area contributed by atoms with Gasteiger partial charge in [-0.2, -0.15) is 8.42 Å². The van der Waals surface area contributed by atoms with Crippen molar-refractivity contribution in [2.75, 3.05) is 0 Å². The second kappa shape index (κ2) is 6.57. The molecule has 0 aliphatic rings. The largest absolute Gasteiger partial charge is 0.423 e. The van der Waals surface area contributed by atoms with E-state index in [1.54, 1.807) is 24.3 Å². The summed E-state index contributed by atoms with van der Waals surface area (Å²) in [5, 5.41) is 0. The highest BCUT2D eigenvalue weighted by Crippen LogP contribution is 2.21. The van der Waals surface area contributed by atoms with E-state index in [1.807, 2.05) is 0 Å². The molecule has 0 radical (unpaired) electrons. The normalized spacial score (nSPS) is 11.4. The van der Waals surface area contributed by atoms with Gasteiger partial charge in [0.1, 0.15) is 5.75 Å². The molecule has 0 saturated carbocycles. The fourth-order valence-electron chi connectivity index (χ4n) is 1.34. The zero-order valence-corrected chi connectivity index (χ0v) is 11.3. The Bertz CT molecular complexity index is 756. The molecule has 0 spiro atoms. The van der Waals surface area contributed by atoms with Gasteiger partial charge in [0, 0.05) is 0 Å². The van der Waals surface area contributed by atoms with Crippen LogP contribution in [0.4, 0.5) is 0 Å². The van der Waals surface area contributed by atoms with Gasteiger partial charge in [-0.05, 0) is 24.3 Å². The molecule has 0 aromatic heterocycles. The topological polar surface area (TPSA) is 77.5 Å². The van der Waals surface area contributed by atoms with Crippen LogP contribution >= 0.6 is 0 Å². The van der Waals surface area contributed by atoms with E-state index >= 15 is 0 Å². The third kappa shape index (κ3) is 3.51. The second-order valence-corrected chi connectivity index (χ2v) is 8.48. The van der Waals surface area contributed by atoms with Crippen LogP contribution in [0.25, 0.3) is 0 Å². The average molecular weight is 325 g/mol. The van der Waals surface area contributed by atoms with Gasteiger partial charge in [0.15, 0.2) is 0 Å². The molecule has 0 saturated heterocycles. The van der Waals surface area contributed by atoms with Crippen molar-refractivity contribution in [3.63, 3.8) is 0 Å². The van der Waals surface area contributed by atoms with E-state index in [2.05, 4.69) is 4.18 Å². The number of hydrogen-bond donors (Lipinski definition) is 0. The molecule has 20 heavy (non-hydrogen) atoms. The van der Waals surface area contributed by atoms with Crippen LogP contribution in [-0.4, -0.2) is 39.9 Å². The van der Waals surface area contributed by atoms with Crippen LogP contribution in [0.15, 0.2) is 65.6 Å². The third-order valence-corrected chi connectivity index (χ3v) is 6.42. The van der Waals surface area contributed by atoms with Gasteiger partial charge in [0.25, 0.3) is 0 Å². The van der Waals surface area contributed by atoms with Crippen molar-refractivity contribution in [1.29, 1.82) is 0 Å². The van der Waals surface area contributed by atoms with Crippen LogP contribution in [0, 0.1) is 0 Å². The lowest BCUT2D eigenvalue weighted by Crippen LogP contribution is -2.21. The van der Waals surface area contributed by atoms with E-state index in [1.165, 1.54) is 36.4 Å². The molecule has 0 atom stereocenters. The van der Waals surface area contributed by atoms with Gasteiger partial charge in [0.2, 0.25) is 0 Å². The van der Waals surface area contributed by atoms with Crippen molar-refractivity contribution in [2.45, 2.75) is 4.90 Å². The van der Waals surface area contributed by atoms with Crippen LogP contribution in [-0.2, 0) is 18.0 Å². The quantitative estimate of drug-likeness (QED) is 0.616. The van der Waals surface area contributed by atoms with Crippen LogP contribution in [0.5, 0.6) is 5.75 Å². The molecular weight excluding hydrogens is 313 g/mol. The van der Waals surface area contributed by atoms with Gasteiger partial charge >= 0.3 is 41.1 Å². The van der Waals surface area contributed by atoms with Gasteiger partial charge in [-0.1, -0.05) is 36.4 Å². The van der Waals surface area contributed by atoms with Crippen LogP contribution in [0.3, 0.4) is 0 Å². The summed E-state index contributed by atoms with van der Waals surface area (Å²) in [5.41, 5.74) is 0. The van der Waals surface area contributed by atoms with E-state index in [0.29, 0.717) is 0 Å². The highest BCUT2D eigenvalue weighted by atomic mass is 33.2. The molecule has 0 aliphatic carbocycles. The molecule has 0 unspecified atom stereocenters. The van der Waals surface area contributed by atoms with E-state index in [9.17, 15) is 16.8 Å². The standard InChI is InChI=1S/C12H10O5S2.Mg.2H/c13-18(14,12-9-5-2-6-10-12)19(15,16)17-11-7-3-1-4-8-11;;;/h1-10H;;;. The van der Waals surface area contributed by atoms with Crippen LogP contribution in [0.1, 0.15) is 0 Å². The molecule has 0 amide bonds. The Kier molecular flexibility index (Phi) is 5.57. The molecule has 104 valence electrons. The summed E-state index contributed by atoms with van der Waals surface area (Å²) in [6.45, 7) is 0. The van der Waals surface area contributed by atoms with Crippen molar-refractivity contribution in [2.24, 2.45) is 0 Å². The zero-order valence-electron chi connectivity index (χ0n) is 9.63. The van der Waals surface area contributed by atoms with Crippen molar-refractivity contribution >= 4 is 41.1 Å². The monoisotopic (exact) mass is 324 g/mol. The summed E-state index contributed by atoms with van der Waals surface area (Å²) in [6, 6.07) is 14.3. The van der Waals surface area contributed by atoms with E-state index in [4.69, 9.17) is 0 Å². The maximum absolute atomic E-state index is 11.9. The molecule has 2 rings (SSSR count). The molecule has 0 fully saturated rings. The smallest absolute Gasteiger partial charge is 0.371 e. The first-order chi connectivity index (χ1) is 8.93. The number of benzene rings is 2. The molecular formula is C12H12MgO5S2. The first-order valence-electron chi connectivity index (χ1n) is 5.23. The third-order valence-electron chi connectivity index (χ3n) is 2.24. The van der Waals surface area contributed by atoms with E-state index in [-0.39, 0.29) is 33.7 Å². The lowest BCUT2D eigenvalue weighted by Gasteiger charge is -2.07. The second-order valence-electron chi connectivity index (χ2n) is 3.57. The Labute approximate surface area is 133 Å². The molecule has 0 heterocycles. The minimum absolute atomic E-state index is 0. The lowest BCUT2D eigenvalue weighted by atomic mass is 10.3. The number of hydrogen-bond acceptors (Lipinski definition) is 5. The van der Waals surface area contributed by atoms with E-state index in [0.717, 1.165) is 0 Å². The van der Waals surface area contributed by atoms with Gasteiger partial charge < -0.3 is 4.18 Å². The Morgan fingerprint density at radius 2 is 1.15 bits per heavy atom. The van der Waals surface area contributed by atoms with Crippen LogP contribution < -0.4 is 4.18 Å². The molecule has 0 bridgehead atoms. The zero-order chi connectivity index (χ0) is 13.9. The average Bonchev–Trinajstić information content (AvgIpc) is 2.40. The van der Waals surface area contributed by atoms with Gasteiger partial charge in [0.05, 0.1) is 4.90 Å². The van der Waals surface area contributed by atoms with Gasteiger partial charge in [-0.25, -0.2) is 8.42 Å². The van der Waals surface area contributed by atoms with Crippen LogP contribution in [0.2, 0.25) is 0 Å². The summed E-state index contributed by atoms with van der Waals surface area (Å²) in [7, 11) is -9.38. The molecule has 0 N–H and O–H groups in total. The predicted octanol–water partition coefficient (Wildman–Crippen LogP) is 0.868. The lowest BCUT2D eigenvalue weighted by molar-refractivity contribution is 0.495. The maximum Gasteiger partial charge on any atom is 0.423 e. The van der Waals surface area contributed by atoms with Gasteiger partial charge in [-0.3, -0.25) is 0 Å². The summed E-state index contributed by atoms with van der Waals surface area (Å²) in [4.78, 5) is -0.328. The fourth-order valence-corrected chi connectivity index (χ4v) is 4.05. The number of para-hydroxylation sites is 1. The number of rotatable bonds is 4. The Morgan fingerprint density at radius 3 is 1.65 bits per heavy atom. The first-order valence-corrected chi connectivity index (χ1v) is 8.64. The molecule has 0 aliphatic heterocycles. The summed E-state index contributed by atoms with van der Waals surface area (Å²) < 4.78 is 52.1. The Morgan fingerprint density at radius 1 is 0.700 bits per heavy atom. The summed E-state index contributed by atoms with van der Waals surface area (Å²) >= 11 is 0. The maximum atomic E-state index is 11.9. The molecule has 5 nitrogen and oxygen atoms in total. The van der Waals surface area contributed by atoms with E-state index < -0.39 is 18.0 Å².